The third kappa shape index (κ3) is 2.64. The van der Waals surface area contributed by atoms with Crippen molar-refractivity contribution in [3.63, 3.8) is 0 Å². The maximum Gasteiger partial charge on any atom is 0.310 e. The van der Waals surface area contributed by atoms with Crippen molar-refractivity contribution >= 4 is 28.9 Å². The summed E-state index contributed by atoms with van der Waals surface area (Å²) in [7, 11) is 0. The number of thiophene rings is 1. The highest BCUT2D eigenvalue weighted by atomic mass is 35.5. The van der Waals surface area contributed by atoms with Gasteiger partial charge in [-0.25, -0.2) is 0 Å². The smallest absolute Gasteiger partial charge is 0.310 e. The molecular formula is C12H16ClNO2S. The van der Waals surface area contributed by atoms with Gasteiger partial charge in [0.2, 0.25) is 0 Å². The number of hydrogen-bond donors (Lipinski definition) is 1. The van der Waals surface area contributed by atoms with Crippen molar-refractivity contribution in [1.29, 1.82) is 0 Å². The molecule has 2 heterocycles. The minimum absolute atomic E-state index is 0.541. The molecule has 2 rings (SSSR count). The highest BCUT2D eigenvalue weighted by molar-refractivity contribution is 7.10. The van der Waals surface area contributed by atoms with Gasteiger partial charge in [-0.3, -0.25) is 9.69 Å². The predicted octanol–water partition coefficient (Wildman–Crippen LogP) is 3.09. The van der Waals surface area contributed by atoms with Crippen molar-refractivity contribution in [3.05, 3.63) is 21.3 Å². The van der Waals surface area contributed by atoms with Crippen LogP contribution in [0.4, 0.5) is 0 Å². The first-order valence-corrected chi connectivity index (χ1v) is 7.00. The Balaban J connectivity index is 2.00. The lowest BCUT2D eigenvalue weighted by Crippen LogP contribution is -2.33. The maximum absolute atomic E-state index is 11.3. The lowest BCUT2D eigenvalue weighted by molar-refractivity contribution is -0.148. The number of hydrogen-bond acceptors (Lipinski definition) is 3. The standard InChI is InChI=1S/C12H16ClNO2S/c1-2-12(11(15)16)3-4-14(8-12)6-10-5-9(13)7-17-10/h5,7H,2-4,6,8H2,1H3,(H,15,16). The number of rotatable bonds is 4. The first-order chi connectivity index (χ1) is 8.05. The fraction of sp³-hybridized carbons (Fsp3) is 0.583. The van der Waals surface area contributed by atoms with Gasteiger partial charge in [0.05, 0.1) is 10.4 Å². The second-order valence-corrected chi connectivity index (χ2v) is 6.06. The highest BCUT2D eigenvalue weighted by Gasteiger charge is 2.43. The van der Waals surface area contributed by atoms with Gasteiger partial charge in [-0.1, -0.05) is 18.5 Å². The molecule has 0 amide bonds. The van der Waals surface area contributed by atoms with Crippen molar-refractivity contribution in [2.24, 2.45) is 5.41 Å². The minimum atomic E-state index is -0.660. The summed E-state index contributed by atoms with van der Waals surface area (Å²) >= 11 is 7.51. The molecule has 5 heteroatoms. The molecule has 1 aromatic rings. The molecule has 0 aromatic carbocycles. The Morgan fingerprint density at radius 2 is 2.47 bits per heavy atom. The van der Waals surface area contributed by atoms with Gasteiger partial charge in [-0.15, -0.1) is 11.3 Å². The molecule has 94 valence electrons. The number of likely N-dealkylation sites (tertiary alicyclic amines) is 1. The van der Waals surface area contributed by atoms with Crippen LogP contribution in [0.1, 0.15) is 24.6 Å². The Bertz CT molecular complexity index is 420. The van der Waals surface area contributed by atoms with Crippen LogP contribution in [0.3, 0.4) is 0 Å². The van der Waals surface area contributed by atoms with Crippen LogP contribution in [0.2, 0.25) is 5.02 Å². The summed E-state index contributed by atoms with van der Waals surface area (Å²) in [6.07, 6.45) is 1.45. The number of nitrogens with zero attached hydrogens (tertiary/aromatic N) is 1. The van der Waals surface area contributed by atoms with E-state index in [0.29, 0.717) is 13.0 Å². The van der Waals surface area contributed by atoms with Gasteiger partial charge >= 0.3 is 5.97 Å². The van der Waals surface area contributed by atoms with Crippen molar-refractivity contribution in [2.45, 2.75) is 26.3 Å². The van der Waals surface area contributed by atoms with Crippen LogP contribution in [0, 0.1) is 5.41 Å². The van der Waals surface area contributed by atoms with E-state index in [-0.39, 0.29) is 0 Å². The molecule has 0 spiro atoms. The van der Waals surface area contributed by atoms with Crippen LogP contribution in [0.25, 0.3) is 0 Å². The number of carboxylic acids is 1. The summed E-state index contributed by atoms with van der Waals surface area (Å²) in [6.45, 7) is 4.27. The summed E-state index contributed by atoms with van der Waals surface area (Å²) < 4.78 is 0. The summed E-state index contributed by atoms with van der Waals surface area (Å²) in [5.74, 6) is -0.660. The van der Waals surface area contributed by atoms with Gasteiger partial charge in [0.15, 0.2) is 0 Å². The lowest BCUT2D eigenvalue weighted by atomic mass is 9.84. The lowest BCUT2D eigenvalue weighted by Gasteiger charge is -2.22. The summed E-state index contributed by atoms with van der Waals surface area (Å²) in [5.41, 5.74) is -0.541. The van der Waals surface area contributed by atoms with Crippen LogP contribution < -0.4 is 0 Å². The first-order valence-electron chi connectivity index (χ1n) is 5.74. The minimum Gasteiger partial charge on any atom is -0.481 e. The summed E-state index contributed by atoms with van der Waals surface area (Å²) in [4.78, 5) is 14.7. The van der Waals surface area contributed by atoms with Gasteiger partial charge in [0.1, 0.15) is 0 Å². The van der Waals surface area contributed by atoms with Crippen LogP contribution >= 0.6 is 22.9 Å². The maximum atomic E-state index is 11.3. The van der Waals surface area contributed by atoms with E-state index in [4.69, 9.17) is 11.6 Å². The number of carbonyl (C=O) groups is 1. The summed E-state index contributed by atoms with van der Waals surface area (Å²) in [6, 6.07) is 1.96. The second-order valence-electron chi connectivity index (χ2n) is 4.63. The quantitative estimate of drug-likeness (QED) is 0.916. The molecule has 0 bridgehead atoms. The molecule has 1 aromatic heterocycles. The van der Waals surface area contributed by atoms with Crippen molar-refractivity contribution in [3.8, 4) is 0 Å². The Kier molecular flexibility index (Phi) is 3.76. The Morgan fingerprint density at radius 3 is 2.94 bits per heavy atom. The second kappa shape index (κ2) is 4.96. The van der Waals surface area contributed by atoms with E-state index in [1.165, 1.54) is 4.88 Å². The first kappa shape index (κ1) is 12.9. The van der Waals surface area contributed by atoms with E-state index < -0.39 is 11.4 Å². The third-order valence-corrected chi connectivity index (χ3v) is 4.83. The average Bonchev–Trinajstić information content (AvgIpc) is 2.87. The van der Waals surface area contributed by atoms with E-state index in [9.17, 15) is 9.90 Å². The van der Waals surface area contributed by atoms with Gasteiger partial charge in [-0.05, 0) is 25.5 Å². The monoisotopic (exact) mass is 273 g/mol. The van der Waals surface area contributed by atoms with E-state index in [2.05, 4.69) is 4.90 Å². The van der Waals surface area contributed by atoms with Crippen LogP contribution in [-0.2, 0) is 11.3 Å². The van der Waals surface area contributed by atoms with Crippen LogP contribution in [0.15, 0.2) is 11.4 Å². The van der Waals surface area contributed by atoms with Crippen LogP contribution in [0.5, 0.6) is 0 Å². The molecule has 1 fully saturated rings. The van der Waals surface area contributed by atoms with E-state index in [1.807, 2.05) is 18.4 Å². The molecule has 17 heavy (non-hydrogen) atoms. The van der Waals surface area contributed by atoms with Gasteiger partial charge < -0.3 is 5.11 Å². The molecule has 0 saturated carbocycles. The fourth-order valence-electron chi connectivity index (χ4n) is 2.36. The topological polar surface area (TPSA) is 40.5 Å². The molecular weight excluding hydrogens is 258 g/mol. The van der Waals surface area contributed by atoms with Crippen molar-refractivity contribution < 1.29 is 9.90 Å². The molecule has 3 nitrogen and oxygen atoms in total. The van der Waals surface area contributed by atoms with Gasteiger partial charge in [0, 0.05) is 23.3 Å². The Morgan fingerprint density at radius 1 is 1.71 bits per heavy atom. The highest BCUT2D eigenvalue weighted by Crippen LogP contribution is 2.35. The SMILES string of the molecule is CCC1(C(=O)O)CCN(Cc2cc(Cl)cs2)C1. The van der Waals surface area contributed by atoms with Gasteiger partial charge in [0.25, 0.3) is 0 Å². The fourth-order valence-corrected chi connectivity index (χ4v) is 3.48. The zero-order valence-corrected chi connectivity index (χ0v) is 11.4. The Labute approximate surface area is 110 Å². The van der Waals surface area contributed by atoms with Gasteiger partial charge in [-0.2, -0.15) is 0 Å². The Hall–Kier alpha value is -0.580. The van der Waals surface area contributed by atoms with E-state index in [0.717, 1.165) is 24.5 Å². The van der Waals surface area contributed by atoms with E-state index in [1.54, 1.807) is 11.3 Å². The summed E-state index contributed by atoms with van der Waals surface area (Å²) in [5, 5.41) is 12.0. The molecule has 1 aliphatic heterocycles. The zero-order chi connectivity index (χ0) is 12.5. The third-order valence-electron chi connectivity index (χ3n) is 3.56. The molecule has 0 radical (unpaired) electrons. The molecule has 1 N–H and O–H groups in total. The number of carboxylic acid groups (broad SMARTS) is 1. The molecule has 1 atom stereocenters. The largest absolute Gasteiger partial charge is 0.481 e. The zero-order valence-electron chi connectivity index (χ0n) is 9.78. The molecule has 0 aliphatic carbocycles. The average molecular weight is 274 g/mol. The number of halogens is 1. The van der Waals surface area contributed by atoms with Crippen molar-refractivity contribution in [1.82, 2.24) is 4.90 Å². The normalized spacial score (nSPS) is 25.3. The molecule has 1 saturated heterocycles. The predicted molar refractivity (Wildman–Crippen MR) is 69.6 cm³/mol. The van der Waals surface area contributed by atoms with E-state index >= 15 is 0 Å². The van der Waals surface area contributed by atoms with Crippen LogP contribution in [-0.4, -0.2) is 29.1 Å². The van der Waals surface area contributed by atoms with Crippen molar-refractivity contribution in [2.75, 3.05) is 13.1 Å². The molecule has 1 unspecified atom stereocenters. The molecule has 1 aliphatic rings. The number of aliphatic carboxylic acids is 1.